The molecule has 13 heavy (non-hydrogen) atoms. The van der Waals surface area contributed by atoms with E-state index in [-0.39, 0.29) is 0 Å². The summed E-state index contributed by atoms with van der Waals surface area (Å²) in [7, 11) is 0.903. The van der Waals surface area contributed by atoms with Crippen LogP contribution < -0.4 is 5.32 Å². The average Bonchev–Trinajstić information content (AvgIpc) is 2.01. The van der Waals surface area contributed by atoms with Gasteiger partial charge < -0.3 is 10.1 Å². The second-order valence-corrected chi connectivity index (χ2v) is 2.23. The molecule has 0 saturated carbocycles. The smallest absolute Gasteiger partial charge is 0.408 e. The number of nitrogens with one attached hydrogen (secondary N) is 1. The molecular formula is C6H8F3NO3. The van der Waals surface area contributed by atoms with Crippen LogP contribution in [0.2, 0.25) is 0 Å². The SMILES string of the molecule is COC(=O)C(=O)NC(C)C(F)(F)F. The van der Waals surface area contributed by atoms with Crippen LogP contribution in [0.1, 0.15) is 6.92 Å². The lowest BCUT2D eigenvalue weighted by Crippen LogP contribution is -2.46. The maximum atomic E-state index is 11.8. The summed E-state index contributed by atoms with van der Waals surface area (Å²) in [4.78, 5) is 20.9. The van der Waals surface area contributed by atoms with E-state index in [0.29, 0.717) is 0 Å². The Morgan fingerprint density at radius 2 is 1.85 bits per heavy atom. The van der Waals surface area contributed by atoms with E-state index in [2.05, 4.69) is 4.74 Å². The number of amides is 1. The van der Waals surface area contributed by atoms with Crippen molar-refractivity contribution in [2.24, 2.45) is 0 Å². The van der Waals surface area contributed by atoms with Gasteiger partial charge >= 0.3 is 18.1 Å². The van der Waals surface area contributed by atoms with Gasteiger partial charge in [0.1, 0.15) is 6.04 Å². The lowest BCUT2D eigenvalue weighted by atomic mass is 10.3. The molecule has 0 spiro atoms. The highest BCUT2D eigenvalue weighted by Crippen LogP contribution is 2.19. The molecule has 1 unspecified atom stereocenters. The fourth-order valence-corrected chi connectivity index (χ4v) is 0.430. The second kappa shape index (κ2) is 4.11. The topological polar surface area (TPSA) is 55.4 Å². The lowest BCUT2D eigenvalue weighted by molar-refractivity contribution is -0.165. The van der Waals surface area contributed by atoms with E-state index in [1.54, 1.807) is 0 Å². The second-order valence-electron chi connectivity index (χ2n) is 2.23. The molecule has 0 aliphatic rings. The van der Waals surface area contributed by atoms with Crippen molar-refractivity contribution < 1.29 is 27.5 Å². The highest BCUT2D eigenvalue weighted by Gasteiger charge is 2.38. The third kappa shape index (κ3) is 3.77. The Hall–Kier alpha value is -1.27. The number of hydrogen-bond donors (Lipinski definition) is 1. The molecule has 0 bridgehead atoms. The van der Waals surface area contributed by atoms with Crippen LogP contribution in [0.5, 0.6) is 0 Å². The van der Waals surface area contributed by atoms with E-state index in [0.717, 1.165) is 14.0 Å². The fourth-order valence-electron chi connectivity index (χ4n) is 0.430. The van der Waals surface area contributed by atoms with Gasteiger partial charge in [0.05, 0.1) is 7.11 Å². The Labute approximate surface area is 72.0 Å². The number of ether oxygens (including phenoxy) is 1. The minimum Gasteiger partial charge on any atom is -0.462 e. The van der Waals surface area contributed by atoms with Gasteiger partial charge in [0.25, 0.3) is 0 Å². The molecule has 0 aromatic carbocycles. The first-order valence-electron chi connectivity index (χ1n) is 3.24. The highest BCUT2D eigenvalue weighted by atomic mass is 19.4. The molecule has 0 rings (SSSR count). The third-order valence-electron chi connectivity index (χ3n) is 1.21. The zero-order valence-corrected chi connectivity index (χ0v) is 6.94. The van der Waals surface area contributed by atoms with Crippen LogP contribution in [0.25, 0.3) is 0 Å². The van der Waals surface area contributed by atoms with Gasteiger partial charge in [0.15, 0.2) is 0 Å². The molecular weight excluding hydrogens is 191 g/mol. The van der Waals surface area contributed by atoms with E-state index in [1.165, 1.54) is 5.32 Å². The Bertz CT molecular complexity index is 214. The van der Waals surface area contributed by atoms with Gasteiger partial charge in [-0.25, -0.2) is 4.79 Å². The molecule has 0 aliphatic carbocycles. The van der Waals surface area contributed by atoms with E-state index < -0.39 is 24.1 Å². The van der Waals surface area contributed by atoms with Crippen molar-refractivity contribution in [1.29, 1.82) is 0 Å². The quantitative estimate of drug-likeness (QED) is 0.485. The molecule has 0 saturated heterocycles. The zero-order valence-electron chi connectivity index (χ0n) is 6.94. The van der Waals surface area contributed by atoms with Crippen molar-refractivity contribution in [1.82, 2.24) is 5.32 Å². The number of esters is 1. The monoisotopic (exact) mass is 199 g/mol. The molecule has 0 aliphatic heterocycles. The molecule has 7 heteroatoms. The number of halogens is 3. The van der Waals surface area contributed by atoms with Crippen LogP contribution in [0.3, 0.4) is 0 Å². The minimum absolute atomic E-state index is 0.723. The summed E-state index contributed by atoms with van der Waals surface area (Å²) < 4.78 is 39.3. The Morgan fingerprint density at radius 1 is 1.38 bits per heavy atom. The Kier molecular flexibility index (Phi) is 3.70. The van der Waals surface area contributed by atoms with Crippen molar-refractivity contribution in [2.45, 2.75) is 19.1 Å². The number of carbonyl (C=O) groups excluding carboxylic acids is 2. The molecule has 0 aromatic rings. The number of rotatable bonds is 1. The van der Waals surface area contributed by atoms with Gasteiger partial charge in [-0.3, -0.25) is 4.79 Å². The summed E-state index contributed by atoms with van der Waals surface area (Å²) in [6, 6.07) is -2.07. The number of hydrogen-bond acceptors (Lipinski definition) is 3. The summed E-state index contributed by atoms with van der Waals surface area (Å²) in [5, 5.41) is 1.43. The summed E-state index contributed by atoms with van der Waals surface area (Å²) >= 11 is 0. The third-order valence-corrected chi connectivity index (χ3v) is 1.21. The summed E-state index contributed by atoms with van der Waals surface area (Å²) in [5.41, 5.74) is 0. The van der Waals surface area contributed by atoms with Crippen molar-refractivity contribution in [3.63, 3.8) is 0 Å². The maximum absolute atomic E-state index is 11.8. The van der Waals surface area contributed by atoms with Crippen molar-refractivity contribution in [3.8, 4) is 0 Å². The number of alkyl halides is 3. The normalized spacial score (nSPS) is 13.3. The van der Waals surface area contributed by atoms with Gasteiger partial charge in [-0.2, -0.15) is 13.2 Å². The molecule has 76 valence electrons. The lowest BCUT2D eigenvalue weighted by Gasteiger charge is -2.15. The largest absolute Gasteiger partial charge is 0.462 e. The molecule has 0 aromatic heterocycles. The average molecular weight is 199 g/mol. The molecule has 1 atom stereocenters. The first-order chi connectivity index (χ1) is 5.79. The summed E-state index contributed by atoms with van der Waals surface area (Å²) in [6.07, 6.45) is -4.57. The molecule has 0 heterocycles. The van der Waals surface area contributed by atoms with Crippen molar-refractivity contribution in [2.75, 3.05) is 7.11 Å². The summed E-state index contributed by atoms with van der Waals surface area (Å²) in [6.45, 7) is 0.723. The van der Waals surface area contributed by atoms with Crippen LogP contribution in [-0.2, 0) is 14.3 Å². The standard InChI is InChI=1S/C6H8F3NO3/c1-3(6(7,8)9)10-4(11)5(12)13-2/h3H,1-2H3,(H,10,11). The first-order valence-corrected chi connectivity index (χ1v) is 3.24. The van der Waals surface area contributed by atoms with Gasteiger partial charge in [-0.05, 0) is 6.92 Å². The van der Waals surface area contributed by atoms with Crippen molar-refractivity contribution in [3.05, 3.63) is 0 Å². The number of methoxy groups -OCH3 is 1. The van der Waals surface area contributed by atoms with E-state index in [4.69, 9.17) is 0 Å². The Morgan fingerprint density at radius 3 is 2.15 bits per heavy atom. The first kappa shape index (κ1) is 11.7. The predicted octanol–water partition coefficient (Wildman–Crippen LogP) is 0.226. The van der Waals surface area contributed by atoms with E-state index >= 15 is 0 Å². The van der Waals surface area contributed by atoms with Crippen LogP contribution in [-0.4, -0.2) is 31.2 Å². The summed E-state index contributed by atoms with van der Waals surface area (Å²) in [5.74, 6) is -2.76. The van der Waals surface area contributed by atoms with E-state index in [1.807, 2.05) is 0 Å². The predicted molar refractivity (Wildman–Crippen MR) is 35.7 cm³/mol. The zero-order chi connectivity index (χ0) is 10.6. The van der Waals surface area contributed by atoms with Crippen LogP contribution in [0.15, 0.2) is 0 Å². The molecule has 1 amide bonds. The van der Waals surface area contributed by atoms with E-state index in [9.17, 15) is 22.8 Å². The van der Waals surface area contributed by atoms with Crippen molar-refractivity contribution >= 4 is 11.9 Å². The van der Waals surface area contributed by atoms with Crippen LogP contribution >= 0.6 is 0 Å². The molecule has 0 radical (unpaired) electrons. The Balaban J connectivity index is 4.15. The molecule has 4 nitrogen and oxygen atoms in total. The minimum atomic E-state index is -4.57. The van der Waals surface area contributed by atoms with Crippen LogP contribution in [0.4, 0.5) is 13.2 Å². The highest BCUT2D eigenvalue weighted by molar-refractivity contribution is 6.32. The van der Waals surface area contributed by atoms with Gasteiger partial charge in [0.2, 0.25) is 0 Å². The molecule has 1 N–H and O–H groups in total. The fraction of sp³-hybridized carbons (Fsp3) is 0.667. The van der Waals surface area contributed by atoms with Gasteiger partial charge in [-0.15, -0.1) is 0 Å². The number of carbonyl (C=O) groups is 2. The van der Waals surface area contributed by atoms with Crippen LogP contribution in [0, 0.1) is 0 Å². The molecule has 0 fully saturated rings. The van der Waals surface area contributed by atoms with Gasteiger partial charge in [-0.1, -0.05) is 0 Å². The van der Waals surface area contributed by atoms with Gasteiger partial charge in [0, 0.05) is 0 Å². The maximum Gasteiger partial charge on any atom is 0.408 e.